The van der Waals surface area contributed by atoms with Crippen molar-refractivity contribution in [2.24, 2.45) is 4.40 Å². The lowest BCUT2D eigenvalue weighted by Crippen LogP contribution is -2.43. The molecule has 0 saturated carbocycles. The summed E-state index contributed by atoms with van der Waals surface area (Å²) in [7, 11) is -3.75. The van der Waals surface area contributed by atoms with Gasteiger partial charge in [-0.1, -0.05) is 12.1 Å². The number of carbonyl (C=O) groups is 2. The number of nitrogens with zero attached hydrogens (tertiary/aromatic N) is 3. The van der Waals surface area contributed by atoms with Crippen molar-refractivity contribution in [3.8, 4) is 0 Å². The van der Waals surface area contributed by atoms with E-state index in [1.54, 1.807) is 52.3 Å². The number of amides is 2. The number of rotatable bonds is 5. The van der Waals surface area contributed by atoms with Crippen LogP contribution in [0, 0.1) is 0 Å². The predicted molar refractivity (Wildman–Crippen MR) is 122 cm³/mol. The summed E-state index contributed by atoms with van der Waals surface area (Å²) in [6, 6.07) is 13.0. The van der Waals surface area contributed by atoms with Crippen LogP contribution in [0.1, 0.15) is 42.6 Å². The third kappa shape index (κ3) is 4.00. The predicted octanol–water partition coefficient (Wildman–Crippen LogP) is 2.72. The van der Waals surface area contributed by atoms with E-state index < -0.39 is 16.1 Å². The fourth-order valence-electron chi connectivity index (χ4n) is 4.20. The lowest BCUT2D eigenvalue weighted by molar-refractivity contribution is -0.119. The second kappa shape index (κ2) is 8.74. The van der Waals surface area contributed by atoms with Crippen LogP contribution in [-0.2, 0) is 14.8 Å². The first-order valence-corrected chi connectivity index (χ1v) is 12.2. The summed E-state index contributed by atoms with van der Waals surface area (Å²) in [5.41, 5.74) is 1.68. The number of amidine groups is 1. The van der Waals surface area contributed by atoms with Gasteiger partial charge >= 0.3 is 0 Å². The smallest absolute Gasteiger partial charge is 0.285 e. The molecule has 2 aromatic rings. The number of likely N-dealkylation sites (tertiary alicyclic amines) is 1. The van der Waals surface area contributed by atoms with Crippen LogP contribution >= 0.6 is 0 Å². The fourth-order valence-corrected chi connectivity index (χ4v) is 5.42. The molecular weight excluding hydrogens is 428 g/mol. The van der Waals surface area contributed by atoms with Crippen LogP contribution < -0.4 is 5.32 Å². The van der Waals surface area contributed by atoms with Crippen molar-refractivity contribution in [3.63, 3.8) is 0 Å². The molecule has 0 spiro atoms. The van der Waals surface area contributed by atoms with Gasteiger partial charge in [-0.15, -0.1) is 4.40 Å². The molecule has 2 heterocycles. The Morgan fingerprint density at radius 1 is 1.09 bits per heavy atom. The molecule has 4 rings (SSSR count). The van der Waals surface area contributed by atoms with Crippen LogP contribution in [0.2, 0.25) is 0 Å². The zero-order chi connectivity index (χ0) is 22.9. The highest BCUT2D eigenvalue weighted by Gasteiger charge is 2.39. The SMILES string of the molecule is CCN(CC)C(=O)c1ccc(NC(=O)[C@@H]2CCCN2C2=NS(=O)(=O)c3ccccc32)cc1. The molecule has 8 nitrogen and oxygen atoms in total. The number of hydrogen-bond donors (Lipinski definition) is 1. The minimum atomic E-state index is -3.75. The van der Waals surface area contributed by atoms with E-state index in [0.717, 1.165) is 6.42 Å². The summed E-state index contributed by atoms with van der Waals surface area (Å²) >= 11 is 0. The van der Waals surface area contributed by atoms with Gasteiger partial charge < -0.3 is 15.1 Å². The summed E-state index contributed by atoms with van der Waals surface area (Å²) in [5.74, 6) is 0.0576. The Morgan fingerprint density at radius 3 is 2.47 bits per heavy atom. The number of hydrogen-bond acceptors (Lipinski definition) is 5. The van der Waals surface area contributed by atoms with Crippen LogP contribution in [-0.4, -0.2) is 61.5 Å². The Kier molecular flexibility index (Phi) is 6.01. The summed E-state index contributed by atoms with van der Waals surface area (Å²) < 4.78 is 28.8. The molecule has 0 aliphatic carbocycles. The standard InChI is InChI=1S/C23H26N4O4S/c1-3-26(4-2)23(29)16-11-13-17(14-12-16)24-22(28)19-9-7-15-27(19)21-18-8-5-6-10-20(18)32(30,31)25-21/h5-6,8,10-14,19H,3-4,7,9,15H2,1-2H3,(H,24,28)/t19-/m0/s1. The Labute approximate surface area is 188 Å². The lowest BCUT2D eigenvalue weighted by atomic mass is 10.1. The second-order valence-electron chi connectivity index (χ2n) is 7.78. The normalized spacial score (nSPS) is 18.8. The van der Waals surface area contributed by atoms with E-state index in [9.17, 15) is 18.0 Å². The van der Waals surface area contributed by atoms with Gasteiger partial charge in [-0.3, -0.25) is 9.59 Å². The average molecular weight is 455 g/mol. The van der Waals surface area contributed by atoms with Gasteiger partial charge in [0.2, 0.25) is 5.91 Å². The number of carbonyl (C=O) groups excluding carboxylic acids is 2. The van der Waals surface area contributed by atoms with Crippen LogP contribution in [0.5, 0.6) is 0 Å². The van der Waals surface area contributed by atoms with Gasteiger partial charge in [0.1, 0.15) is 10.9 Å². The van der Waals surface area contributed by atoms with E-state index >= 15 is 0 Å². The van der Waals surface area contributed by atoms with E-state index in [2.05, 4.69) is 9.71 Å². The van der Waals surface area contributed by atoms with E-state index in [1.807, 2.05) is 13.8 Å². The molecule has 2 aromatic carbocycles. The summed E-state index contributed by atoms with van der Waals surface area (Å²) in [6.07, 6.45) is 1.36. The summed E-state index contributed by atoms with van der Waals surface area (Å²) in [4.78, 5) is 29.2. The molecule has 2 aliphatic heterocycles. The van der Waals surface area contributed by atoms with Crippen LogP contribution in [0.4, 0.5) is 5.69 Å². The summed E-state index contributed by atoms with van der Waals surface area (Å²) in [6.45, 7) is 5.68. The third-order valence-corrected chi connectivity index (χ3v) is 7.22. The van der Waals surface area contributed by atoms with Gasteiger partial charge in [0.25, 0.3) is 15.9 Å². The van der Waals surface area contributed by atoms with Crippen molar-refractivity contribution < 1.29 is 18.0 Å². The molecule has 32 heavy (non-hydrogen) atoms. The zero-order valence-corrected chi connectivity index (χ0v) is 18.9. The lowest BCUT2D eigenvalue weighted by Gasteiger charge is -2.25. The molecule has 168 valence electrons. The quantitative estimate of drug-likeness (QED) is 0.749. The molecule has 2 aliphatic rings. The van der Waals surface area contributed by atoms with Crippen molar-refractivity contribution in [1.82, 2.24) is 9.80 Å². The third-order valence-electron chi connectivity index (χ3n) is 5.89. The number of nitrogens with one attached hydrogen (secondary N) is 1. The Bertz CT molecular complexity index is 1170. The number of sulfonamides is 1. The van der Waals surface area contributed by atoms with E-state index in [1.165, 1.54) is 6.07 Å². The van der Waals surface area contributed by atoms with Crippen LogP contribution in [0.25, 0.3) is 0 Å². The fraction of sp³-hybridized carbons (Fsp3) is 0.348. The van der Waals surface area contributed by atoms with Gasteiger partial charge in [-0.2, -0.15) is 8.42 Å². The maximum atomic E-state index is 13.0. The van der Waals surface area contributed by atoms with Crippen molar-refractivity contribution in [2.45, 2.75) is 37.6 Å². The number of benzene rings is 2. The monoisotopic (exact) mass is 454 g/mol. The van der Waals surface area contributed by atoms with Crippen molar-refractivity contribution in [3.05, 3.63) is 59.7 Å². The maximum Gasteiger partial charge on any atom is 0.285 e. The van der Waals surface area contributed by atoms with Gasteiger partial charge in [0.05, 0.1) is 0 Å². The largest absolute Gasteiger partial charge is 0.343 e. The molecule has 1 atom stereocenters. The number of anilines is 1. The molecule has 1 fully saturated rings. The Balaban J connectivity index is 1.50. The highest BCUT2D eigenvalue weighted by atomic mass is 32.2. The first-order valence-electron chi connectivity index (χ1n) is 10.8. The number of fused-ring (bicyclic) bond motifs is 1. The molecule has 1 saturated heterocycles. The Morgan fingerprint density at radius 2 is 1.78 bits per heavy atom. The zero-order valence-electron chi connectivity index (χ0n) is 18.1. The molecule has 0 radical (unpaired) electrons. The van der Waals surface area contributed by atoms with Gasteiger partial charge in [-0.05, 0) is 63.1 Å². The van der Waals surface area contributed by atoms with Gasteiger partial charge in [0, 0.05) is 36.4 Å². The molecule has 0 bridgehead atoms. The topological polar surface area (TPSA) is 99.2 Å². The van der Waals surface area contributed by atoms with E-state index in [0.29, 0.717) is 48.7 Å². The van der Waals surface area contributed by atoms with Crippen molar-refractivity contribution in [1.29, 1.82) is 0 Å². The van der Waals surface area contributed by atoms with Crippen LogP contribution in [0.15, 0.2) is 57.8 Å². The van der Waals surface area contributed by atoms with E-state index in [4.69, 9.17) is 0 Å². The molecule has 1 N–H and O–H groups in total. The van der Waals surface area contributed by atoms with Crippen molar-refractivity contribution >= 4 is 33.4 Å². The minimum absolute atomic E-state index is 0.0473. The molecule has 9 heteroatoms. The molecular formula is C23H26N4O4S. The van der Waals surface area contributed by atoms with Crippen molar-refractivity contribution in [2.75, 3.05) is 25.0 Å². The highest BCUT2D eigenvalue weighted by molar-refractivity contribution is 7.90. The second-order valence-corrected chi connectivity index (χ2v) is 9.35. The highest BCUT2D eigenvalue weighted by Crippen LogP contribution is 2.31. The Hall–Kier alpha value is -3.20. The average Bonchev–Trinajstić information content (AvgIpc) is 3.38. The van der Waals surface area contributed by atoms with Crippen LogP contribution in [0.3, 0.4) is 0 Å². The molecule has 2 amide bonds. The van der Waals surface area contributed by atoms with Gasteiger partial charge in [0.15, 0.2) is 5.84 Å². The molecule has 0 aromatic heterocycles. The van der Waals surface area contributed by atoms with Gasteiger partial charge in [-0.25, -0.2) is 0 Å². The van der Waals surface area contributed by atoms with E-state index in [-0.39, 0.29) is 16.7 Å². The molecule has 0 unspecified atom stereocenters. The first kappa shape index (κ1) is 22.0. The first-order chi connectivity index (χ1) is 15.4. The minimum Gasteiger partial charge on any atom is -0.343 e. The maximum absolute atomic E-state index is 13.0. The summed E-state index contributed by atoms with van der Waals surface area (Å²) in [5, 5.41) is 2.90.